The smallest absolute Gasteiger partial charge is 0.0971 e. The van der Waals surface area contributed by atoms with Crippen molar-refractivity contribution in [2.75, 3.05) is 0 Å². The van der Waals surface area contributed by atoms with E-state index in [1.165, 1.54) is 16.3 Å². The standard InChI is InChI=1S/C47H34N4/c1-2-4-6-14-32(13-5-3-1)44-30-38(31-45(51-44)43-21-9-10-24-48-43)36-18-12-16-34(28-36)33-15-11-17-35(27-33)37-22-23-41-42(29-37)39-19-7-8-20-40(39)46-47(41)50-26-25-49-46/h3,5-31H,1-2,4H2/b5-3-,14-6-,32-13+. The summed E-state index contributed by atoms with van der Waals surface area (Å²) in [4.78, 5) is 19.2. The molecule has 0 radical (unpaired) electrons. The lowest BCUT2D eigenvalue weighted by Crippen LogP contribution is -1.95. The van der Waals surface area contributed by atoms with Crippen LogP contribution in [0.25, 0.3) is 82.9 Å². The van der Waals surface area contributed by atoms with Crippen LogP contribution in [0.4, 0.5) is 0 Å². The summed E-state index contributed by atoms with van der Waals surface area (Å²) in [7, 11) is 0. The number of allylic oxidation sites excluding steroid dienone is 6. The third kappa shape index (κ3) is 6.02. The average molecular weight is 655 g/mol. The molecule has 1 aliphatic carbocycles. The summed E-state index contributed by atoms with van der Waals surface area (Å²) in [6.45, 7) is 0. The van der Waals surface area contributed by atoms with Crippen LogP contribution in [0.3, 0.4) is 0 Å². The Labute approximate surface area is 297 Å². The molecule has 242 valence electrons. The van der Waals surface area contributed by atoms with Gasteiger partial charge in [0, 0.05) is 29.4 Å². The van der Waals surface area contributed by atoms with Crippen molar-refractivity contribution < 1.29 is 0 Å². The fraction of sp³-hybridized carbons (Fsp3) is 0.0638. The number of rotatable bonds is 5. The van der Waals surface area contributed by atoms with E-state index >= 15 is 0 Å². The van der Waals surface area contributed by atoms with Crippen molar-refractivity contribution >= 4 is 38.2 Å². The third-order valence-corrected chi connectivity index (χ3v) is 9.67. The van der Waals surface area contributed by atoms with Crippen molar-refractivity contribution in [3.63, 3.8) is 0 Å². The Morgan fingerprint density at radius 2 is 1.06 bits per heavy atom. The molecule has 8 aromatic rings. The topological polar surface area (TPSA) is 51.6 Å². The predicted octanol–water partition coefficient (Wildman–Crippen LogP) is 12.1. The quantitative estimate of drug-likeness (QED) is 0.173. The van der Waals surface area contributed by atoms with Crippen molar-refractivity contribution in [1.82, 2.24) is 19.9 Å². The zero-order valence-corrected chi connectivity index (χ0v) is 28.1. The Balaban J connectivity index is 1.13. The van der Waals surface area contributed by atoms with Gasteiger partial charge < -0.3 is 0 Å². The van der Waals surface area contributed by atoms with Crippen molar-refractivity contribution in [2.24, 2.45) is 0 Å². The summed E-state index contributed by atoms with van der Waals surface area (Å²) in [5.74, 6) is 0. The Hall–Kier alpha value is -6.52. The van der Waals surface area contributed by atoms with Crippen molar-refractivity contribution in [2.45, 2.75) is 19.3 Å². The van der Waals surface area contributed by atoms with E-state index in [-0.39, 0.29) is 0 Å². The van der Waals surface area contributed by atoms with Gasteiger partial charge in [-0.05, 0) is 111 Å². The Morgan fingerprint density at radius 3 is 1.80 bits per heavy atom. The lowest BCUT2D eigenvalue weighted by Gasteiger charge is -2.13. The number of pyridine rings is 2. The zero-order valence-electron chi connectivity index (χ0n) is 28.1. The highest BCUT2D eigenvalue weighted by molar-refractivity contribution is 6.23. The molecule has 4 nitrogen and oxygen atoms in total. The van der Waals surface area contributed by atoms with Crippen molar-refractivity contribution in [1.29, 1.82) is 0 Å². The molecule has 4 heteroatoms. The zero-order chi connectivity index (χ0) is 34.0. The molecule has 0 N–H and O–H groups in total. The van der Waals surface area contributed by atoms with Gasteiger partial charge in [0.2, 0.25) is 0 Å². The second kappa shape index (κ2) is 13.4. The molecule has 0 amide bonds. The highest BCUT2D eigenvalue weighted by Gasteiger charge is 2.14. The van der Waals surface area contributed by atoms with Crippen LogP contribution < -0.4 is 0 Å². The second-order valence-corrected chi connectivity index (χ2v) is 12.9. The summed E-state index contributed by atoms with van der Waals surface area (Å²) >= 11 is 0. The largest absolute Gasteiger partial charge is 0.255 e. The first-order valence-corrected chi connectivity index (χ1v) is 17.5. The van der Waals surface area contributed by atoms with Gasteiger partial charge in [0.1, 0.15) is 0 Å². The lowest BCUT2D eigenvalue weighted by atomic mass is 9.93. The second-order valence-electron chi connectivity index (χ2n) is 12.9. The van der Waals surface area contributed by atoms with E-state index in [1.807, 2.05) is 24.4 Å². The van der Waals surface area contributed by atoms with Gasteiger partial charge in [0.25, 0.3) is 0 Å². The number of benzene rings is 5. The van der Waals surface area contributed by atoms with Gasteiger partial charge in [0.15, 0.2) is 0 Å². The minimum absolute atomic E-state index is 0.857. The molecule has 0 atom stereocenters. The van der Waals surface area contributed by atoms with E-state index in [9.17, 15) is 0 Å². The Bertz CT molecular complexity index is 2630. The lowest BCUT2D eigenvalue weighted by molar-refractivity contribution is 0.869. The molecule has 0 spiro atoms. The monoisotopic (exact) mass is 654 g/mol. The number of hydrogen-bond acceptors (Lipinski definition) is 4. The predicted molar refractivity (Wildman–Crippen MR) is 212 cm³/mol. The Kier molecular flexibility index (Phi) is 8.03. The molecule has 0 aliphatic heterocycles. The van der Waals surface area contributed by atoms with Crippen molar-refractivity contribution in [3.05, 3.63) is 176 Å². The third-order valence-electron chi connectivity index (χ3n) is 9.67. The molecule has 1 aliphatic rings. The summed E-state index contributed by atoms with van der Waals surface area (Å²) in [6, 6.07) is 43.2. The molecule has 9 rings (SSSR count). The van der Waals surface area contributed by atoms with E-state index in [0.717, 1.165) is 91.5 Å². The van der Waals surface area contributed by atoms with Crippen LogP contribution >= 0.6 is 0 Å². The fourth-order valence-electron chi connectivity index (χ4n) is 7.12. The van der Waals surface area contributed by atoms with Crippen LogP contribution in [-0.4, -0.2) is 19.9 Å². The number of fused-ring (bicyclic) bond motifs is 6. The summed E-state index contributed by atoms with van der Waals surface area (Å²) in [5, 5.41) is 4.60. The van der Waals surface area contributed by atoms with E-state index in [0.29, 0.717) is 0 Å². The molecule has 51 heavy (non-hydrogen) atoms. The maximum absolute atomic E-state index is 5.12. The highest BCUT2D eigenvalue weighted by atomic mass is 14.8. The van der Waals surface area contributed by atoms with Crippen LogP contribution in [0.2, 0.25) is 0 Å². The molecule has 0 bridgehead atoms. The minimum Gasteiger partial charge on any atom is -0.255 e. The highest BCUT2D eigenvalue weighted by Crippen LogP contribution is 2.37. The average Bonchev–Trinajstić information content (AvgIpc) is 3.35. The van der Waals surface area contributed by atoms with Crippen LogP contribution in [0.5, 0.6) is 0 Å². The van der Waals surface area contributed by atoms with Gasteiger partial charge in [-0.25, -0.2) is 4.98 Å². The first kappa shape index (κ1) is 30.5. The molecule has 0 saturated carbocycles. The van der Waals surface area contributed by atoms with E-state index in [1.54, 1.807) is 12.4 Å². The van der Waals surface area contributed by atoms with Gasteiger partial charge in [-0.15, -0.1) is 0 Å². The van der Waals surface area contributed by atoms with Gasteiger partial charge in [-0.1, -0.05) is 109 Å². The summed E-state index contributed by atoms with van der Waals surface area (Å²) in [5.41, 5.74) is 12.5. The maximum atomic E-state index is 5.12. The van der Waals surface area contributed by atoms with Gasteiger partial charge in [-0.2, -0.15) is 0 Å². The van der Waals surface area contributed by atoms with Crippen molar-refractivity contribution in [3.8, 4) is 44.8 Å². The minimum atomic E-state index is 0.857. The van der Waals surface area contributed by atoms with Gasteiger partial charge in [0.05, 0.1) is 28.1 Å². The molecule has 3 heterocycles. The molecule has 3 aromatic heterocycles. The molecular weight excluding hydrogens is 621 g/mol. The number of nitrogens with zero attached hydrogens (tertiary/aromatic N) is 4. The van der Waals surface area contributed by atoms with E-state index < -0.39 is 0 Å². The first-order valence-electron chi connectivity index (χ1n) is 17.5. The van der Waals surface area contributed by atoms with Crippen LogP contribution in [0.15, 0.2) is 170 Å². The summed E-state index contributed by atoms with van der Waals surface area (Å²) in [6.07, 6.45) is 19.7. The fourth-order valence-corrected chi connectivity index (χ4v) is 7.12. The first-order chi connectivity index (χ1) is 25.3. The van der Waals surface area contributed by atoms with Crippen LogP contribution in [0, 0.1) is 0 Å². The molecule has 0 saturated heterocycles. The Morgan fingerprint density at radius 1 is 0.412 bits per heavy atom. The van der Waals surface area contributed by atoms with Crippen LogP contribution in [0.1, 0.15) is 25.0 Å². The molecular formula is C47H34N4. The molecule has 0 fully saturated rings. The maximum Gasteiger partial charge on any atom is 0.0971 e. The van der Waals surface area contributed by atoms with Gasteiger partial charge in [-0.3, -0.25) is 15.0 Å². The van der Waals surface area contributed by atoms with E-state index in [2.05, 4.69) is 138 Å². The molecule has 0 unspecified atom stereocenters. The van der Waals surface area contributed by atoms with Gasteiger partial charge >= 0.3 is 0 Å². The summed E-state index contributed by atoms with van der Waals surface area (Å²) < 4.78 is 0. The SMILES string of the molecule is C1=C/CCC\C=C/C(c2cc(-c3cccc(-c4cccc(-c5ccc6c(c5)c5ccccc5c5nccnc65)c4)c3)cc(-c3ccccn3)n2)=C\1. The number of aromatic nitrogens is 4. The number of hydrogen-bond donors (Lipinski definition) is 0. The van der Waals surface area contributed by atoms with E-state index in [4.69, 9.17) is 15.0 Å². The van der Waals surface area contributed by atoms with Crippen LogP contribution in [-0.2, 0) is 0 Å². The molecule has 5 aromatic carbocycles. The normalized spacial score (nSPS) is 15.5.